The molecule has 0 spiro atoms. The van der Waals surface area contributed by atoms with Crippen molar-refractivity contribution in [3.05, 3.63) is 11.4 Å². The van der Waals surface area contributed by atoms with Crippen LogP contribution in [0.2, 0.25) is 0 Å². The molecule has 1 rings (SSSR count). The summed E-state index contributed by atoms with van der Waals surface area (Å²) in [7, 11) is 1.89. The fourth-order valence-electron chi connectivity index (χ4n) is 1.57. The third kappa shape index (κ3) is 3.59. The molecule has 0 aliphatic rings. The van der Waals surface area contributed by atoms with Gasteiger partial charge in [0.1, 0.15) is 17.5 Å². The molecular weight excluding hydrogens is 224 g/mol. The molecule has 0 radical (unpaired) electrons. The Kier molecular flexibility index (Phi) is 3.89. The number of anilines is 2. The van der Waals surface area contributed by atoms with Crippen LogP contribution in [0.25, 0.3) is 0 Å². The monoisotopic (exact) mass is 250 g/mol. The van der Waals surface area contributed by atoms with Gasteiger partial charge < -0.3 is 10.6 Å². The maximum Gasteiger partial charge on any atom is 0.138 e. The molecule has 0 bridgehead atoms. The van der Waals surface area contributed by atoms with Crippen LogP contribution in [-0.2, 0) is 5.41 Å². The second-order valence-electron chi connectivity index (χ2n) is 6.74. The van der Waals surface area contributed by atoms with Gasteiger partial charge in [-0.05, 0) is 27.7 Å². The largest absolute Gasteiger partial charge is 0.373 e. The fourth-order valence-corrected chi connectivity index (χ4v) is 1.57. The van der Waals surface area contributed by atoms with Crippen LogP contribution < -0.4 is 10.6 Å². The molecule has 102 valence electrons. The third-order valence-electron chi connectivity index (χ3n) is 2.55. The van der Waals surface area contributed by atoms with Crippen molar-refractivity contribution in [2.75, 3.05) is 17.7 Å². The van der Waals surface area contributed by atoms with E-state index in [9.17, 15) is 0 Å². The highest BCUT2D eigenvalue weighted by Crippen LogP contribution is 2.27. The Morgan fingerprint density at radius 3 is 1.78 bits per heavy atom. The number of hydrogen-bond donors (Lipinski definition) is 2. The SMILES string of the molecule is CNc1nc(C(C)(C)C)nc(NC(C)(C)C)c1C. The molecule has 0 aliphatic heterocycles. The Labute approximate surface area is 111 Å². The predicted octanol–water partition coefficient (Wildman–Crippen LogP) is 3.33. The first kappa shape index (κ1) is 14.7. The number of aromatic nitrogens is 2. The van der Waals surface area contributed by atoms with Gasteiger partial charge in [0.05, 0.1) is 0 Å². The van der Waals surface area contributed by atoms with E-state index in [2.05, 4.69) is 62.1 Å². The lowest BCUT2D eigenvalue weighted by atomic mass is 9.95. The summed E-state index contributed by atoms with van der Waals surface area (Å²) in [6.45, 7) is 14.8. The molecule has 1 heterocycles. The van der Waals surface area contributed by atoms with E-state index in [0.717, 1.165) is 23.0 Å². The normalized spacial score (nSPS) is 12.4. The van der Waals surface area contributed by atoms with Crippen LogP contribution in [0.3, 0.4) is 0 Å². The molecule has 18 heavy (non-hydrogen) atoms. The molecule has 0 saturated carbocycles. The van der Waals surface area contributed by atoms with Crippen molar-refractivity contribution in [2.45, 2.75) is 59.4 Å². The molecule has 0 fully saturated rings. The van der Waals surface area contributed by atoms with Crippen LogP contribution in [-0.4, -0.2) is 22.6 Å². The van der Waals surface area contributed by atoms with Crippen molar-refractivity contribution < 1.29 is 0 Å². The molecule has 1 aromatic heterocycles. The van der Waals surface area contributed by atoms with Crippen molar-refractivity contribution in [2.24, 2.45) is 0 Å². The van der Waals surface area contributed by atoms with Crippen molar-refractivity contribution >= 4 is 11.6 Å². The lowest BCUT2D eigenvalue weighted by molar-refractivity contribution is 0.543. The van der Waals surface area contributed by atoms with E-state index in [1.54, 1.807) is 0 Å². The van der Waals surface area contributed by atoms with E-state index in [1.807, 2.05) is 14.0 Å². The molecule has 4 heteroatoms. The molecule has 2 N–H and O–H groups in total. The zero-order valence-corrected chi connectivity index (χ0v) is 12.9. The Bertz CT molecular complexity index is 425. The zero-order valence-electron chi connectivity index (χ0n) is 12.9. The van der Waals surface area contributed by atoms with Crippen molar-refractivity contribution in [1.82, 2.24) is 9.97 Å². The molecular formula is C14H26N4. The Morgan fingerprint density at radius 2 is 1.39 bits per heavy atom. The van der Waals surface area contributed by atoms with E-state index in [-0.39, 0.29) is 11.0 Å². The summed E-state index contributed by atoms with van der Waals surface area (Å²) in [4.78, 5) is 9.27. The van der Waals surface area contributed by atoms with Gasteiger partial charge in [-0.25, -0.2) is 9.97 Å². The summed E-state index contributed by atoms with van der Waals surface area (Å²) in [5.74, 6) is 2.65. The van der Waals surface area contributed by atoms with Crippen molar-refractivity contribution in [3.8, 4) is 0 Å². The minimum Gasteiger partial charge on any atom is -0.373 e. The fraction of sp³-hybridized carbons (Fsp3) is 0.714. The van der Waals surface area contributed by atoms with Crippen LogP contribution in [0.1, 0.15) is 52.9 Å². The molecule has 0 unspecified atom stereocenters. The third-order valence-corrected chi connectivity index (χ3v) is 2.55. The number of nitrogens with one attached hydrogen (secondary N) is 2. The molecule has 0 amide bonds. The van der Waals surface area contributed by atoms with Gasteiger partial charge in [-0.3, -0.25) is 0 Å². The second-order valence-corrected chi connectivity index (χ2v) is 6.74. The van der Waals surface area contributed by atoms with E-state index in [0.29, 0.717) is 0 Å². The van der Waals surface area contributed by atoms with Gasteiger partial charge in [-0.1, -0.05) is 20.8 Å². The van der Waals surface area contributed by atoms with Gasteiger partial charge >= 0.3 is 0 Å². The Balaban J connectivity index is 3.32. The minimum absolute atomic E-state index is 0.0146. The van der Waals surface area contributed by atoms with Gasteiger partial charge in [0.25, 0.3) is 0 Å². The van der Waals surface area contributed by atoms with Gasteiger partial charge in [0.15, 0.2) is 0 Å². The molecule has 0 atom stereocenters. The average molecular weight is 250 g/mol. The molecule has 0 saturated heterocycles. The van der Waals surface area contributed by atoms with Gasteiger partial charge in [0.2, 0.25) is 0 Å². The van der Waals surface area contributed by atoms with Crippen molar-refractivity contribution in [1.29, 1.82) is 0 Å². The number of hydrogen-bond acceptors (Lipinski definition) is 4. The topological polar surface area (TPSA) is 49.8 Å². The van der Waals surface area contributed by atoms with E-state index in [1.165, 1.54) is 0 Å². The van der Waals surface area contributed by atoms with Gasteiger partial charge in [0, 0.05) is 23.6 Å². The molecule has 4 nitrogen and oxygen atoms in total. The number of nitrogens with zero attached hydrogens (tertiary/aromatic N) is 2. The maximum atomic E-state index is 4.68. The first-order chi connectivity index (χ1) is 8.04. The number of rotatable bonds is 2. The van der Waals surface area contributed by atoms with E-state index < -0.39 is 0 Å². The van der Waals surface area contributed by atoms with Gasteiger partial charge in [-0.15, -0.1) is 0 Å². The lowest BCUT2D eigenvalue weighted by Crippen LogP contribution is -2.29. The van der Waals surface area contributed by atoms with Crippen LogP contribution in [0, 0.1) is 6.92 Å². The first-order valence-corrected chi connectivity index (χ1v) is 6.39. The standard InChI is InChI=1S/C14H26N4/c1-9-10(15-8)16-12(13(2,3)4)17-11(9)18-14(5,6)7/h1-8H3,(H2,15,16,17,18). The summed E-state index contributed by atoms with van der Waals surface area (Å²) in [6, 6.07) is 0. The predicted molar refractivity (Wildman–Crippen MR) is 78.4 cm³/mol. The van der Waals surface area contributed by atoms with Crippen LogP contribution >= 0.6 is 0 Å². The molecule has 0 aliphatic carbocycles. The highest BCUT2D eigenvalue weighted by Gasteiger charge is 2.22. The summed E-state index contributed by atoms with van der Waals surface area (Å²) in [5, 5.41) is 6.59. The maximum absolute atomic E-state index is 4.68. The highest BCUT2D eigenvalue weighted by atomic mass is 15.1. The van der Waals surface area contributed by atoms with Crippen LogP contribution in [0.15, 0.2) is 0 Å². The van der Waals surface area contributed by atoms with Crippen LogP contribution in [0.4, 0.5) is 11.6 Å². The quantitative estimate of drug-likeness (QED) is 0.845. The van der Waals surface area contributed by atoms with E-state index in [4.69, 9.17) is 0 Å². The van der Waals surface area contributed by atoms with Gasteiger partial charge in [-0.2, -0.15) is 0 Å². The molecule has 0 aromatic carbocycles. The summed E-state index contributed by atoms with van der Waals surface area (Å²) < 4.78 is 0. The second kappa shape index (κ2) is 4.75. The Morgan fingerprint density at radius 1 is 0.889 bits per heavy atom. The van der Waals surface area contributed by atoms with E-state index >= 15 is 0 Å². The lowest BCUT2D eigenvalue weighted by Gasteiger charge is -2.26. The summed E-state index contributed by atoms with van der Waals surface area (Å²) in [6.07, 6.45) is 0. The average Bonchev–Trinajstić information content (AvgIpc) is 2.17. The first-order valence-electron chi connectivity index (χ1n) is 6.39. The highest BCUT2D eigenvalue weighted by molar-refractivity contribution is 5.58. The summed E-state index contributed by atoms with van der Waals surface area (Å²) in [5.41, 5.74) is 0.979. The van der Waals surface area contributed by atoms with Crippen LogP contribution in [0.5, 0.6) is 0 Å². The summed E-state index contributed by atoms with van der Waals surface area (Å²) >= 11 is 0. The minimum atomic E-state index is -0.0619. The van der Waals surface area contributed by atoms with Crippen molar-refractivity contribution in [3.63, 3.8) is 0 Å². The zero-order chi connectivity index (χ0) is 14.1. The molecule has 1 aromatic rings. The Hall–Kier alpha value is -1.32. The smallest absolute Gasteiger partial charge is 0.138 e.